The monoisotopic (exact) mass is 329 g/mol. The van der Waals surface area contributed by atoms with E-state index in [0.29, 0.717) is 24.8 Å². The first-order chi connectivity index (χ1) is 11.6. The lowest BCUT2D eigenvalue weighted by Gasteiger charge is -2.26. The summed E-state index contributed by atoms with van der Waals surface area (Å²) in [5.74, 6) is 2.09. The van der Waals surface area contributed by atoms with Crippen LogP contribution >= 0.6 is 0 Å². The van der Waals surface area contributed by atoms with Crippen LogP contribution in [0.25, 0.3) is 5.82 Å². The number of hydrogen-bond donors (Lipinski definition) is 1. The Morgan fingerprint density at radius 3 is 2.83 bits per heavy atom. The molecule has 1 aliphatic rings. The summed E-state index contributed by atoms with van der Waals surface area (Å²) < 4.78 is 7.16. The second-order valence-electron chi connectivity index (χ2n) is 6.17. The summed E-state index contributed by atoms with van der Waals surface area (Å²) in [4.78, 5) is 25.4. The highest BCUT2D eigenvalue weighted by Gasteiger charge is 2.42. The Morgan fingerprint density at radius 2 is 2.17 bits per heavy atom. The highest BCUT2D eigenvalue weighted by molar-refractivity contribution is 5.78. The molecular formula is C17H23N5O2. The molecule has 1 aliphatic carbocycles. The number of aryl methyl sites for hydroxylation is 1. The van der Waals surface area contributed by atoms with Gasteiger partial charge in [-0.15, -0.1) is 0 Å². The van der Waals surface area contributed by atoms with E-state index in [1.165, 1.54) is 0 Å². The van der Waals surface area contributed by atoms with Gasteiger partial charge in [-0.25, -0.2) is 9.97 Å². The van der Waals surface area contributed by atoms with Gasteiger partial charge in [-0.1, -0.05) is 12.8 Å². The summed E-state index contributed by atoms with van der Waals surface area (Å²) in [5, 5.41) is 3.28. The van der Waals surface area contributed by atoms with Crippen molar-refractivity contribution in [2.75, 3.05) is 18.5 Å². The van der Waals surface area contributed by atoms with Gasteiger partial charge in [0, 0.05) is 18.9 Å². The molecule has 7 heteroatoms. The molecule has 0 saturated heterocycles. The molecule has 1 fully saturated rings. The van der Waals surface area contributed by atoms with Crippen LogP contribution in [0.15, 0.2) is 24.8 Å². The van der Waals surface area contributed by atoms with Crippen LogP contribution in [0, 0.1) is 12.3 Å². The molecule has 24 heavy (non-hydrogen) atoms. The fourth-order valence-corrected chi connectivity index (χ4v) is 3.23. The summed E-state index contributed by atoms with van der Waals surface area (Å²) in [7, 11) is 0. The van der Waals surface area contributed by atoms with Crippen LogP contribution in [0.3, 0.4) is 0 Å². The molecule has 0 radical (unpaired) electrons. The molecule has 1 saturated carbocycles. The number of anilines is 1. The minimum Gasteiger partial charge on any atom is -0.466 e. The fraction of sp³-hybridized carbons (Fsp3) is 0.529. The molecule has 0 bridgehead atoms. The normalized spacial score (nSPS) is 16.1. The lowest BCUT2D eigenvalue weighted by molar-refractivity contribution is -0.154. The zero-order valence-corrected chi connectivity index (χ0v) is 14.2. The minimum absolute atomic E-state index is 0.107. The lowest BCUT2D eigenvalue weighted by Crippen LogP contribution is -2.37. The molecule has 0 unspecified atom stereocenters. The first-order valence-corrected chi connectivity index (χ1v) is 8.38. The van der Waals surface area contributed by atoms with E-state index in [1.54, 1.807) is 18.6 Å². The molecule has 0 amide bonds. The van der Waals surface area contributed by atoms with Gasteiger partial charge in [0.25, 0.3) is 0 Å². The number of aromatic nitrogens is 4. The molecular weight excluding hydrogens is 306 g/mol. The van der Waals surface area contributed by atoms with Crippen LogP contribution < -0.4 is 5.32 Å². The van der Waals surface area contributed by atoms with Crippen molar-refractivity contribution in [3.63, 3.8) is 0 Å². The van der Waals surface area contributed by atoms with Crippen molar-refractivity contribution in [2.24, 2.45) is 5.41 Å². The summed E-state index contributed by atoms with van der Waals surface area (Å²) in [6.07, 6.45) is 10.8. The van der Waals surface area contributed by atoms with E-state index in [2.05, 4.69) is 20.3 Å². The molecule has 1 N–H and O–H groups in total. The summed E-state index contributed by atoms with van der Waals surface area (Å²) in [6.45, 7) is 4.69. The van der Waals surface area contributed by atoms with E-state index in [1.807, 2.05) is 24.6 Å². The quantitative estimate of drug-likeness (QED) is 0.820. The topological polar surface area (TPSA) is 81.9 Å². The summed E-state index contributed by atoms with van der Waals surface area (Å²) >= 11 is 0. The molecule has 0 atom stereocenters. The van der Waals surface area contributed by atoms with Crippen molar-refractivity contribution in [1.29, 1.82) is 0 Å². The van der Waals surface area contributed by atoms with E-state index in [4.69, 9.17) is 4.74 Å². The molecule has 0 spiro atoms. The number of ether oxygens (including phenoxy) is 1. The van der Waals surface area contributed by atoms with Gasteiger partial charge < -0.3 is 10.1 Å². The van der Waals surface area contributed by atoms with Crippen LogP contribution in [0.4, 0.5) is 5.82 Å². The van der Waals surface area contributed by atoms with E-state index in [-0.39, 0.29) is 5.97 Å². The van der Waals surface area contributed by atoms with Gasteiger partial charge in [-0.05, 0) is 26.7 Å². The number of rotatable bonds is 6. The molecule has 7 nitrogen and oxygen atoms in total. The minimum atomic E-state index is -0.446. The van der Waals surface area contributed by atoms with Gasteiger partial charge in [0.2, 0.25) is 0 Å². The van der Waals surface area contributed by atoms with Gasteiger partial charge in [-0.2, -0.15) is 0 Å². The van der Waals surface area contributed by atoms with Crippen LogP contribution in [-0.4, -0.2) is 38.6 Å². The maximum atomic E-state index is 12.4. The Bertz CT molecular complexity index is 707. The van der Waals surface area contributed by atoms with Crippen molar-refractivity contribution in [1.82, 2.24) is 19.5 Å². The van der Waals surface area contributed by atoms with Crippen molar-refractivity contribution < 1.29 is 9.53 Å². The summed E-state index contributed by atoms with van der Waals surface area (Å²) in [6, 6.07) is 0. The van der Waals surface area contributed by atoms with E-state index in [9.17, 15) is 4.79 Å². The molecule has 128 valence electrons. The number of hydrogen-bond acceptors (Lipinski definition) is 6. The van der Waals surface area contributed by atoms with Crippen LogP contribution in [-0.2, 0) is 9.53 Å². The van der Waals surface area contributed by atoms with E-state index < -0.39 is 5.41 Å². The molecule has 2 heterocycles. The Balaban J connectivity index is 1.74. The highest BCUT2D eigenvalue weighted by Crippen LogP contribution is 2.39. The second kappa shape index (κ2) is 6.98. The maximum absolute atomic E-state index is 12.4. The lowest BCUT2D eigenvalue weighted by atomic mass is 9.86. The predicted molar refractivity (Wildman–Crippen MR) is 89.9 cm³/mol. The summed E-state index contributed by atoms with van der Waals surface area (Å²) in [5.41, 5.74) is -0.446. The van der Waals surface area contributed by atoms with Gasteiger partial charge in [0.05, 0.1) is 24.4 Å². The maximum Gasteiger partial charge on any atom is 0.313 e. The molecule has 2 aromatic rings. The number of nitrogens with one attached hydrogen (secondary N) is 1. The van der Waals surface area contributed by atoms with Crippen molar-refractivity contribution >= 4 is 11.8 Å². The van der Waals surface area contributed by atoms with Gasteiger partial charge in [0.1, 0.15) is 11.6 Å². The number of esters is 1. The van der Waals surface area contributed by atoms with Crippen LogP contribution in [0.2, 0.25) is 0 Å². The first-order valence-electron chi connectivity index (χ1n) is 8.38. The van der Waals surface area contributed by atoms with Crippen molar-refractivity contribution in [3.05, 3.63) is 30.6 Å². The number of imidazole rings is 1. The third-order valence-corrected chi connectivity index (χ3v) is 4.57. The number of nitrogens with zero attached hydrogens (tertiary/aromatic N) is 4. The van der Waals surface area contributed by atoms with Crippen molar-refractivity contribution in [2.45, 2.75) is 39.5 Å². The SMILES string of the molecule is CCOC(=O)C1(CNc2cncc(-n3ccnc3C)n2)CCCC1. The third kappa shape index (κ3) is 3.25. The Labute approximate surface area is 141 Å². The molecule has 3 rings (SSSR count). The predicted octanol–water partition coefficient (Wildman–Crippen LogP) is 2.51. The number of carbonyl (C=O) groups excluding carboxylic acids is 1. The fourth-order valence-electron chi connectivity index (χ4n) is 3.23. The van der Waals surface area contributed by atoms with Crippen molar-refractivity contribution in [3.8, 4) is 5.82 Å². The Kier molecular flexibility index (Phi) is 4.78. The highest BCUT2D eigenvalue weighted by atomic mass is 16.5. The smallest absolute Gasteiger partial charge is 0.313 e. The first kappa shape index (κ1) is 16.4. The molecule has 0 aromatic carbocycles. The van der Waals surface area contributed by atoms with Crippen LogP contribution in [0.5, 0.6) is 0 Å². The van der Waals surface area contributed by atoms with E-state index in [0.717, 1.165) is 31.5 Å². The Hall–Kier alpha value is -2.44. The Morgan fingerprint density at radius 1 is 1.38 bits per heavy atom. The van der Waals surface area contributed by atoms with Gasteiger partial charge in [0.15, 0.2) is 5.82 Å². The molecule has 2 aromatic heterocycles. The van der Waals surface area contributed by atoms with Gasteiger partial charge in [-0.3, -0.25) is 14.3 Å². The zero-order valence-electron chi connectivity index (χ0n) is 14.2. The largest absolute Gasteiger partial charge is 0.466 e. The molecule has 0 aliphatic heterocycles. The average Bonchev–Trinajstić information content (AvgIpc) is 3.23. The average molecular weight is 329 g/mol. The van der Waals surface area contributed by atoms with Crippen LogP contribution in [0.1, 0.15) is 38.4 Å². The van der Waals surface area contributed by atoms with E-state index >= 15 is 0 Å². The number of carbonyl (C=O) groups is 1. The second-order valence-corrected chi connectivity index (χ2v) is 6.17. The third-order valence-electron chi connectivity index (χ3n) is 4.57. The zero-order chi connectivity index (χ0) is 17.0. The van der Waals surface area contributed by atoms with Gasteiger partial charge >= 0.3 is 5.97 Å². The standard InChI is InChI=1S/C17H23N5O2/c1-3-24-16(23)17(6-4-5-7-17)12-20-14-10-18-11-15(21-14)22-9-8-19-13(22)2/h8-11H,3-7,12H2,1-2H3,(H,20,21).